The van der Waals surface area contributed by atoms with E-state index in [0.29, 0.717) is 26.2 Å². The van der Waals surface area contributed by atoms with Gasteiger partial charge in [0.05, 0.1) is 0 Å². The fourth-order valence-electron chi connectivity index (χ4n) is 1.71. The molecule has 6 nitrogen and oxygen atoms in total. The molecule has 18 heavy (non-hydrogen) atoms. The second-order valence-electron chi connectivity index (χ2n) is 3.91. The molecule has 0 saturated heterocycles. The van der Waals surface area contributed by atoms with Crippen molar-refractivity contribution in [1.29, 1.82) is 0 Å². The van der Waals surface area contributed by atoms with Crippen molar-refractivity contribution in [2.45, 2.75) is 39.9 Å². The molecular formula is C12H24N2O4. The van der Waals surface area contributed by atoms with Crippen LogP contribution in [0.5, 0.6) is 0 Å². The van der Waals surface area contributed by atoms with Crippen LogP contribution in [0, 0.1) is 0 Å². The second kappa shape index (κ2) is 8.05. The minimum Gasteiger partial charge on any atom is -0.380 e. The van der Waals surface area contributed by atoms with E-state index in [9.17, 15) is 19.8 Å². The lowest BCUT2D eigenvalue weighted by Crippen LogP contribution is -2.51. The summed E-state index contributed by atoms with van der Waals surface area (Å²) in [6.07, 6.45) is -3.39. The maximum atomic E-state index is 11.8. The van der Waals surface area contributed by atoms with Gasteiger partial charge < -0.3 is 20.0 Å². The number of amides is 2. The third kappa shape index (κ3) is 3.96. The Bertz CT molecular complexity index is 247. The quantitative estimate of drug-likeness (QED) is 0.643. The van der Waals surface area contributed by atoms with Crippen LogP contribution >= 0.6 is 0 Å². The molecule has 2 unspecified atom stereocenters. The molecule has 0 aromatic heterocycles. The molecule has 0 aromatic carbocycles. The molecule has 106 valence electrons. The lowest BCUT2D eigenvalue weighted by molar-refractivity contribution is -0.157. The van der Waals surface area contributed by atoms with E-state index in [4.69, 9.17) is 0 Å². The number of carbonyl (C=O) groups is 2. The summed E-state index contributed by atoms with van der Waals surface area (Å²) in [5.74, 6) is -1.24. The predicted molar refractivity (Wildman–Crippen MR) is 67.9 cm³/mol. The number of nitrogens with zero attached hydrogens (tertiary/aromatic N) is 2. The van der Waals surface area contributed by atoms with Crippen molar-refractivity contribution in [3.8, 4) is 0 Å². The summed E-state index contributed by atoms with van der Waals surface area (Å²) in [5.41, 5.74) is 0. The maximum Gasteiger partial charge on any atom is 0.254 e. The van der Waals surface area contributed by atoms with Crippen LogP contribution in [0.2, 0.25) is 0 Å². The molecule has 0 aliphatic heterocycles. The summed E-state index contributed by atoms with van der Waals surface area (Å²) >= 11 is 0. The zero-order chi connectivity index (χ0) is 14.3. The van der Waals surface area contributed by atoms with Gasteiger partial charge in [-0.05, 0) is 27.7 Å². The van der Waals surface area contributed by atoms with Gasteiger partial charge in [0.1, 0.15) is 0 Å². The van der Waals surface area contributed by atoms with Crippen molar-refractivity contribution in [2.24, 2.45) is 0 Å². The van der Waals surface area contributed by atoms with Gasteiger partial charge in [-0.1, -0.05) is 0 Å². The standard InChI is InChI=1S/C12H24N2O4/c1-5-13(6-2)11(17)9(15)10(16)12(18)14(7-3)8-4/h9-10,15-16H,5-8H2,1-4H3. The van der Waals surface area contributed by atoms with Crippen LogP contribution < -0.4 is 0 Å². The van der Waals surface area contributed by atoms with E-state index in [-0.39, 0.29) is 0 Å². The smallest absolute Gasteiger partial charge is 0.254 e. The van der Waals surface area contributed by atoms with Crippen molar-refractivity contribution in [3.63, 3.8) is 0 Å². The minimum atomic E-state index is -1.70. The SMILES string of the molecule is CCN(CC)C(=O)C(O)C(O)C(=O)N(CC)CC. The molecule has 2 N–H and O–H groups in total. The Morgan fingerprint density at radius 2 is 1.00 bits per heavy atom. The summed E-state index contributed by atoms with van der Waals surface area (Å²) in [6, 6.07) is 0. The lowest BCUT2D eigenvalue weighted by atomic mass is 10.1. The summed E-state index contributed by atoms with van der Waals surface area (Å²) < 4.78 is 0. The number of hydrogen-bond acceptors (Lipinski definition) is 4. The first-order valence-corrected chi connectivity index (χ1v) is 6.38. The van der Waals surface area contributed by atoms with Gasteiger partial charge in [-0.25, -0.2) is 0 Å². The van der Waals surface area contributed by atoms with Crippen molar-refractivity contribution >= 4 is 11.8 Å². The van der Waals surface area contributed by atoms with Crippen LogP contribution in [0.15, 0.2) is 0 Å². The van der Waals surface area contributed by atoms with Gasteiger partial charge in [0, 0.05) is 26.2 Å². The van der Waals surface area contributed by atoms with Gasteiger partial charge >= 0.3 is 0 Å². The van der Waals surface area contributed by atoms with E-state index >= 15 is 0 Å². The van der Waals surface area contributed by atoms with E-state index in [0.717, 1.165) is 0 Å². The molecule has 0 fully saturated rings. The summed E-state index contributed by atoms with van der Waals surface area (Å²) in [5, 5.41) is 19.5. The molecule has 2 amide bonds. The number of aliphatic hydroxyl groups is 2. The summed E-state index contributed by atoms with van der Waals surface area (Å²) in [4.78, 5) is 26.3. The Hall–Kier alpha value is -1.14. The number of aliphatic hydroxyl groups excluding tert-OH is 2. The third-order valence-corrected chi connectivity index (χ3v) is 2.96. The lowest BCUT2D eigenvalue weighted by Gasteiger charge is -2.27. The van der Waals surface area contributed by atoms with Gasteiger partial charge in [-0.2, -0.15) is 0 Å². The second-order valence-corrected chi connectivity index (χ2v) is 3.91. The molecule has 0 heterocycles. The highest BCUT2D eigenvalue weighted by Crippen LogP contribution is 2.04. The first-order valence-electron chi connectivity index (χ1n) is 6.38. The van der Waals surface area contributed by atoms with Gasteiger partial charge in [-0.15, -0.1) is 0 Å². The van der Waals surface area contributed by atoms with Crippen LogP contribution in [-0.4, -0.2) is 70.2 Å². The van der Waals surface area contributed by atoms with Crippen molar-refractivity contribution in [1.82, 2.24) is 9.80 Å². The van der Waals surface area contributed by atoms with Crippen LogP contribution in [0.1, 0.15) is 27.7 Å². The highest BCUT2D eigenvalue weighted by atomic mass is 16.3. The molecule has 0 radical (unpaired) electrons. The molecular weight excluding hydrogens is 236 g/mol. The number of carbonyl (C=O) groups excluding carboxylic acids is 2. The van der Waals surface area contributed by atoms with Crippen LogP contribution in [-0.2, 0) is 9.59 Å². The Morgan fingerprint density at radius 3 is 1.17 bits per heavy atom. The molecule has 2 atom stereocenters. The molecule has 0 bridgehead atoms. The van der Waals surface area contributed by atoms with Crippen molar-refractivity contribution in [3.05, 3.63) is 0 Å². The van der Waals surface area contributed by atoms with Gasteiger partial charge in [0.25, 0.3) is 11.8 Å². The average molecular weight is 260 g/mol. The largest absolute Gasteiger partial charge is 0.380 e. The topological polar surface area (TPSA) is 81.1 Å². The summed E-state index contributed by atoms with van der Waals surface area (Å²) in [6.45, 7) is 8.80. The zero-order valence-corrected chi connectivity index (χ0v) is 11.6. The molecule has 0 rings (SSSR count). The summed E-state index contributed by atoms with van der Waals surface area (Å²) in [7, 11) is 0. The number of rotatable bonds is 7. The van der Waals surface area contributed by atoms with E-state index < -0.39 is 24.0 Å². The number of likely N-dealkylation sites (N-methyl/N-ethyl adjacent to an activating group) is 2. The number of hydrogen-bond donors (Lipinski definition) is 2. The van der Waals surface area contributed by atoms with Crippen molar-refractivity contribution in [2.75, 3.05) is 26.2 Å². The Labute approximate surface area is 108 Å². The molecule has 0 saturated carbocycles. The highest BCUT2D eigenvalue weighted by Gasteiger charge is 2.34. The van der Waals surface area contributed by atoms with Crippen LogP contribution in [0.4, 0.5) is 0 Å². The first kappa shape index (κ1) is 16.9. The average Bonchev–Trinajstić information content (AvgIpc) is 2.39. The maximum absolute atomic E-state index is 11.8. The minimum absolute atomic E-state index is 0.429. The van der Waals surface area contributed by atoms with Gasteiger partial charge in [0.15, 0.2) is 12.2 Å². The molecule has 0 spiro atoms. The Kier molecular flexibility index (Phi) is 7.54. The first-order chi connectivity index (χ1) is 8.44. The highest BCUT2D eigenvalue weighted by molar-refractivity contribution is 5.90. The van der Waals surface area contributed by atoms with E-state index in [1.165, 1.54) is 9.80 Å². The van der Waals surface area contributed by atoms with E-state index in [1.807, 2.05) is 0 Å². The van der Waals surface area contributed by atoms with Crippen LogP contribution in [0.3, 0.4) is 0 Å². The molecule has 0 aliphatic carbocycles. The van der Waals surface area contributed by atoms with E-state index in [1.54, 1.807) is 27.7 Å². The fraction of sp³-hybridized carbons (Fsp3) is 0.833. The van der Waals surface area contributed by atoms with Gasteiger partial charge in [-0.3, -0.25) is 9.59 Å². The van der Waals surface area contributed by atoms with Gasteiger partial charge in [0.2, 0.25) is 0 Å². The Balaban J connectivity index is 4.72. The molecule has 6 heteroatoms. The van der Waals surface area contributed by atoms with Crippen LogP contribution in [0.25, 0.3) is 0 Å². The third-order valence-electron chi connectivity index (χ3n) is 2.96. The monoisotopic (exact) mass is 260 g/mol. The van der Waals surface area contributed by atoms with E-state index in [2.05, 4.69) is 0 Å². The molecule has 0 aliphatic rings. The fourth-order valence-corrected chi connectivity index (χ4v) is 1.71. The zero-order valence-electron chi connectivity index (χ0n) is 11.6. The predicted octanol–water partition coefficient (Wildman–Crippen LogP) is -0.555. The Morgan fingerprint density at radius 1 is 0.778 bits per heavy atom. The normalized spacial score (nSPS) is 13.9. The molecule has 0 aromatic rings. The van der Waals surface area contributed by atoms with Crippen molar-refractivity contribution < 1.29 is 19.8 Å².